The zero-order valence-electron chi connectivity index (χ0n) is 17.4. The van der Waals surface area contributed by atoms with E-state index in [9.17, 15) is 4.79 Å². The van der Waals surface area contributed by atoms with Gasteiger partial charge in [0.15, 0.2) is 5.96 Å². The van der Waals surface area contributed by atoms with Crippen molar-refractivity contribution in [2.75, 3.05) is 26.7 Å². The molecule has 6 heteroatoms. The molecule has 1 aliphatic heterocycles. The van der Waals surface area contributed by atoms with Gasteiger partial charge in [0.25, 0.3) is 0 Å². The van der Waals surface area contributed by atoms with E-state index in [1.807, 2.05) is 19.3 Å². The molecule has 29 heavy (non-hydrogen) atoms. The number of hydrogen-bond donors (Lipinski definition) is 2. The van der Waals surface area contributed by atoms with Gasteiger partial charge >= 0.3 is 0 Å². The number of rotatable bonds is 9. The van der Waals surface area contributed by atoms with E-state index in [0.717, 1.165) is 51.5 Å². The maximum atomic E-state index is 11.7. The van der Waals surface area contributed by atoms with Gasteiger partial charge in [-0.3, -0.25) is 14.7 Å². The molecule has 2 N–H and O–H groups in total. The van der Waals surface area contributed by atoms with E-state index in [-0.39, 0.29) is 5.56 Å². The third-order valence-electron chi connectivity index (χ3n) is 5.47. The fourth-order valence-corrected chi connectivity index (χ4v) is 3.85. The Hall–Kier alpha value is -2.60. The zero-order chi connectivity index (χ0) is 20.3. The van der Waals surface area contributed by atoms with Gasteiger partial charge in [0, 0.05) is 51.5 Å². The smallest absolute Gasteiger partial charge is 0.250 e. The number of unbranched alkanes of at least 4 members (excludes halogenated alkanes) is 1. The number of hydrogen-bond acceptors (Lipinski definition) is 3. The van der Waals surface area contributed by atoms with E-state index in [2.05, 4.69) is 50.9 Å². The number of pyridine rings is 1. The molecule has 0 spiro atoms. The predicted molar refractivity (Wildman–Crippen MR) is 119 cm³/mol. The summed E-state index contributed by atoms with van der Waals surface area (Å²) in [6.07, 6.45) is 6.28. The number of benzene rings is 1. The normalized spacial score (nSPS) is 17.4. The van der Waals surface area contributed by atoms with Crippen molar-refractivity contribution in [2.24, 2.45) is 4.99 Å². The highest BCUT2D eigenvalue weighted by Crippen LogP contribution is 2.19. The number of aryl methyl sites for hydroxylation is 1. The minimum atomic E-state index is 0.0644. The lowest BCUT2D eigenvalue weighted by atomic mass is 10.2. The van der Waals surface area contributed by atoms with Crippen LogP contribution < -0.4 is 16.2 Å². The number of aromatic nitrogens is 1. The summed E-state index contributed by atoms with van der Waals surface area (Å²) >= 11 is 0. The molecule has 0 aliphatic carbocycles. The zero-order valence-corrected chi connectivity index (χ0v) is 17.4. The minimum Gasteiger partial charge on any atom is -0.356 e. The van der Waals surface area contributed by atoms with Gasteiger partial charge in [0.05, 0.1) is 0 Å². The molecule has 1 saturated heterocycles. The highest BCUT2D eigenvalue weighted by atomic mass is 16.1. The van der Waals surface area contributed by atoms with Crippen LogP contribution in [0.2, 0.25) is 0 Å². The summed E-state index contributed by atoms with van der Waals surface area (Å²) < 4.78 is 1.76. The van der Waals surface area contributed by atoms with Gasteiger partial charge in [-0.2, -0.15) is 0 Å². The van der Waals surface area contributed by atoms with E-state index in [1.165, 1.54) is 18.4 Å². The van der Waals surface area contributed by atoms with Crippen LogP contribution in [0.4, 0.5) is 0 Å². The van der Waals surface area contributed by atoms with Crippen LogP contribution in [0.15, 0.2) is 64.5 Å². The fourth-order valence-electron chi connectivity index (χ4n) is 3.85. The average molecular weight is 396 g/mol. The molecule has 6 nitrogen and oxygen atoms in total. The molecule has 1 fully saturated rings. The SMILES string of the molecule is CN=C(NCCCCn1ccccc1=O)NCC1CCCN1Cc1ccccc1. The first-order valence-corrected chi connectivity index (χ1v) is 10.6. The Morgan fingerprint density at radius 1 is 1.10 bits per heavy atom. The summed E-state index contributed by atoms with van der Waals surface area (Å²) in [7, 11) is 1.81. The molecule has 1 unspecified atom stereocenters. The van der Waals surface area contributed by atoms with Crippen LogP contribution in [0.25, 0.3) is 0 Å². The van der Waals surface area contributed by atoms with E-state index in [4.69, 9.17) is 0 Å². The molecule has 0 amide bonds. The van der Waals surface area contributed by atoms with Crippen molar-refractivity contribution >= 4 is 5.96 Å². The Bertz CT molecular complexity index is 817. The number of guanidine groups is 1. The quantitative estimate of drug-likeness (QED) is 0.389. The number of nitrogens with zero attached hydrogens (tertiary/aromatic N) is 3. The van der Waals surface area contributed by atoms with Crippen LogP contribution in [-0.2, 0) is 13.1 Å². The Balaban J connectivity index is 1.35. The van der Waals surface area contributed by atoms with Crippen LogP contribution >= 0.6 is 0 Å². The van der Waals surface area contributed by atoms with Crippen molar-refractivity contribution in [3.8, 4) is 0 Å². The van der Waals surface area contributed by atoms with Crippen LogP contribution in [0, 0.1) is 0 Å². The maximum Gasteiger partial charge on any atom is 0.250 e. The van der Waals surface area contributed by atoms with Crippen molar-refractivity contribution in [2.45, 2.75) is 44.8 Å². The minimum absolute atomic E-state index is 0.0644. The Morgan fingerprint density at radius 2 is 1.93 bits per heavy atom. The van der Waals surface area contributed by atoms with Crippen molar-refractivity contribution in [1.29, 1.82) is 0 Å². The molecule has 0 radical (unpaired) electrons. The van der Waals surface area contributed by atoms with Crippen molar-refractivity contribution in [3.63, 3.8) is 0 Å². The molecular weight excluding hydrogens is 362 g/mol. The summed E-state index contributed by atoms with van der Waals surface area (Å²) in [5.41, 5.74) is 1.44. The number of aliphatic imine (C=N–C) groups is 1. The molecular formula is C23H33N5O. The summed E-state index contributed by atoms with van der Waals surface area (Å²) in [5, 5.41) is 6.88. The summed E-state index contributed by atoms with van der Waals surface area (Å²) in [6.45, 7) is 4.68. The van der Waals surface area contributed by atoms with Crippen molar-refractivity contribution in [1.82, 2.24) is 20.1 Å². The molecule has 0 bridgehead atoms. The number of likely N-dealkylation sites (tertiary alicyclic amines) is 1. The van der Waals surface area contributed by atoms with Crippen LogP contribution in [0.5, 0.6) is 0 Å². The van der Waals surface area contributed by atoms with E-state index in [0.29, 0.717) is 6.04 Å². The monoisotopic (exact) mass is 395 g/mol. The predicted octanol–water partition coefficient (Wildman–Crippen LogP) is 2.46. The highest BCUT2D eigenvalue weighted by Gasteiger charge is 2.24. The first-order valence-electron chi connectivity index (χ1n) is 10.6. The molecule has 1 aromatic heterocycles. The van der Waals surface area contributed by atoms with Gasteiger partial charge in [-0.1, -0.05) is 36.4 Å². The van der Waals surface area contributed by atoms with Gasteiger partial charge in [0.1, 0.15) is 0 Å². The first-order chi connectivity index (χ1) is 14.3. The van der Waals surface area contributed by atoms with Crippen molar-refractivity contribution in [3.05, 3.63) is 70.6 Å². The lowest BCUT2D eigenvalue weighted by Gasteiger charge is -2.25. The van der Waals surface area contributed by atoms with E-state index >= 15 is 0 Å². The van der Waals surface area contributed by atoms with Gasteiger partial charge in [0.2, 0.25) is 5.56 Å². The molecule has 1 atom stereocenters. The van der Waals surface area contributed by atoms with Gasteiger partial charge in [-0.25, -0.2) is 0 Å². The van der Waals surface area contributed by atoms with Crippen molar-refractivity contribution < 1.29 is 0 Å². The average Bonchev–Trinajstić information content (AvgIpc) is 3.19. The third-order valence-corrected chi connectivity index (χ3v) is 5.47. The standard InChI is InChI=1S/C23H33N5O/c1-24-23(25-14-6-8-16-27-15-7-5-13-22(27)29)26-18-21-12-9-17-28(21)19-20-10-3-2-4-11-20/h2-5,7,10-11,13,15,21H,6,8-9,12,14,16-19H2,1H3,(H2,24,25,26). The fraction of sp³-hybridized carbons (Fsp3) is 0.478. The number of nitrogens with one attached hydrogen (secondary N) is 2. The Labute approximate surface area is 173 Å². The molecule has 2 aromatic rings. The molecule has 1 aliphatic rings. The molecule has 0 saturated carbocycles. The van der Waals surface area contributed by atoms with Crippen LogP contribution in [0.3, 0.4) is 0 Å². The first kappa shape index (κ1) is 21.1. The molecule has 156 valence electrons. The topological polar surface area (TPSA) is 61.7 Å². The third kappa shape index (κ3) is 6.75. The molecule has 2 heterocycles. The van der Waals surface area contributed by atoms with Gasteiger partial charge in [-0.05, 0) is 43.9 Å². The molecule has 3 rings (SSSR count). The Morgan fingerprint density at radius 3 is 2.72 bits per heavy atom. The molecule has 1 aromatic carbocycles. The van der Waals surface area contributed by atoms with Crippen LogP contribution in [-0.4, -0.2) is 48.2 Å². The summed E-state index contributed by atoms with van der Waals surface area (Å²) in [6, 6.07) is 16.5. The highest BCUT2D eigenvalue weighted by molar-refractivity contribution is 5.79. The maximum absolute atomic E-state index is 11.7. The summed E-state index contributed by atoms with van der Waals surface area (Å²) in [4.78, 5) is 18.6. The lowest BCUT2D eigenvalue weighted by molar-refractivity contribution is 0.245. The lowest BCUT2D eigenvalue weighted by Crippen LogP contribution is -2.44. The van der Waals surface area contributed by atoms with E-state index < -0.39 is 0 Å². The van der Waals surface area contributed by atoms with E-state index in [1.54, 1.807) is 16.7 Å². The Kier molecular flexibility index (Phi) is 8.31. The second kappa shape index (κ2) is 11.4. The summed E-state index contributed by atoms with van der Waals surface area (Å²) in [5.74, 6) is 0.855. The van der Waals surface area contributed by atoms with Gasteiger partial charge < -0.3 is 15.2 Å². The second-order valence-electron chi connectivity index (χ2n) is 7.57. The van der Waals surface area contributed by atoms with Crippen LogP contribution in [0.1, 0.15) is 31.2 Å². The largest absolute Gasteiger partial charge is 0.356 e. The second-order valence-corrected chi connectivity index (χ2v) is 7.57. The van der Waals surface area contributed by atoms with Gasteiger partial charge in [-0.15, -0.1) is 0 Å².